The first-order valence-electron chi connectivity index (χ1n) is 6.62. The Kier molecular flexibility index (Phi) is 4.34. The molecule has 1 aromatic rings. The van der Waals surface area contributed by atoms with Crippen LogP contribution in [0, 0.1) is 17.5 Å². The van der Waals surface area contributed by atoms with E-state index in [2.05, 4.69) is 24.1 Å². The van der Waals surface area contributed by atoms with Gasteiger partial charge in [0, 0.05) is 37.3 Å². The quantitative estimate of drug-likeness (QED) is 0.907. The fourth-order valence-electron chi connectivity index (χ4n) is 2.44. The third kappa shape index (κ3) is 3.41. The lowest BCUT2D eigenvalue weighted by Gasteiger charge is -2.35. The molecule has 106 valence electrons. The van der Waals surface area contributed by atoms with Gasteiger partial charge in [0.25, 0.3) is 0 Å². The average Bonchev–Trinajstić information content (AvgIpc) is 2.34. The first kappa shape index (κ1) is 14.2. The number of likely N-dealkylation sites (tertiary alicyclic amines) is 1. The van der Waals surface area contributed by atoms with Gasteiger partial charge in [-0.2, -0.15) is 0 Å². The summed E-state index contributed by atoms with van der Waals surface area (Å²) in [7, 11) is 0. The Bertz CT molecular complexity index is 417. The van der Waals surface area contributed by atoms with Gasteiger partial charge in [-0.1, -0.05) is 0 Å². The van der Waals surface area contributed by atoms with Crippen molar-refractivity contribution in [2.24, 2.45) is 0 Å². The van der Waals surface area contributed by atoms with Gasteiger partial charge in [-0.25, -0.2) is 13.2 Å². The van der Waals surface area contributed by atoms with Crippen LogP contribution in [0.5, 0.6) is 0 Å². The maximum Gasteiger partial charge on any atom is 0.152 e. The van der Waals surface area contributed by atoms with Crippen LogP contribution < -0.4 is 5.32 Å². The van der Waals surface area contributed by atoms with E-state index in [4.69, 9.17) is 0 Å². The van der Waals surface area contributed by atoms with Crippen molar-refractivity contribution in [2.75, 3.05) is 18.4 Å². The average molecular weight is 272 g/mol. The summed E-state index contributed by atoms with van der Waals surface area (Å²) < 4.78 is 39.8. The van der Waals surface area contributed by atoms with Crippen LogP contribution in [-0.2, 0) is 0 Å². The molecule has 0 atom stereocenters. The molecule has 1 aromatic carbocycles. The Morgan fingerprint density at radius 3 is 2.11 bits per heavy atom. The minimum Gasteiger partial charge on any atom is -0.377 e. The summed E-state index contributed by atoms with van der Waals surface area (Å²) in [5.74, 6) is -2.64. The van der Waals surface area contributed by atoms with E-state index in [1.807, 2.05) is 0 Å². The van der Waals surface area contributed by atoms with Crippen molar-refractivity contribution in [3.8, 4) is 0 Å². The van der Waals surface area contributed by atoms with Crippen molar-refractivity contribution in [3.05, 3.63) is 29.6 Å². The minimum atomic E-state index is -0.893. The molecule has 19 heavy (non-hydrogen) atoms. The lowest BCUT2D eigenvalue weighted by atomic mass is 10.0. The summed E-state index contributed by atoms with van der Waals surface area (Å²) in [5, 5.41) is 2.86. The van der Waals surface area contributed by atoms with Gasteiger partial charge >= 0.3 is 0 Å². The first-order chi connectivity index (χ1) is 8.97. The fraction of sp³-hybridized carbons (Fsp3) is 0.571. The molecule has 0 spiro atoms. The highest BCUT2D eigenvalue weighted by molar-refractivity contribution is 5.47. The predicted molar refractivity (Wildman–Crippen MR) is 69.7 cm³/mol. The molecular formula is C14H19F3N2. The Morgan fingerprint density at radius 1 is 1.11 bits per heavy atom. The maximum atomic E-state index is 13.5. The van der Waals surface area contributed by atoms with Gasteiger partial charge in [0.2, 0.25) is 0 Å². The third-order valence-corrected chi connectivity index (χ3v) is 3.62. The molecule has 0 amide bonds. The molecule has 2 rings (SSSR count). The van der Waals surface area contributed by atoms with E-state index >= 15 is 0 Å². The summed E-state index contributed by atoms with van der Waals surface area (Å²) in [5.41, 5.74) is -0.218. The molecule has 2 nitrogen and oxygen atoms in total. The van der Waals surface area contributed by atoms with Gasteiger partial charge in [0.15, 0.2) is 11.6 Å². The largest absolute Gasteiger partial charge is 0.377 e. The zero-order valence-corrected chi connectivity index (χ0v) is 11.2. The van der Waals surface area contributed by atoms with Crippen molar-refractivity contribution in [2.45, 2.75) is 38.8 Å². The van der Waals surface area contributed by atoms with Crippen LogP contribution in [0.1, 0.15) is 26.7 Å². The van der Waals surface area contributed by atoms with Crippen molar-refractivity contribution in [3.63, 3.8) is 0 Å². The van der Waals surface area contributed by atoms with Crippen LogP contribution >= 0.6 is 0 Å². The molecule has 0 saturated carbocycles. The van der Waals surface area contributed by atoms with Crippen LogP contribution in [0.2, 0.25) is 0 Å². The van der Waals surface area contributed by atoms with Crippen molar-refractivity contribution in [1.82, 2.24) is 4.90 Å². The number of piperidine rings is 1. The third-order valence-electron chi connectivity index (χ3n) is 3.62. The van der Waals surface area contributed by atoms with E-state index in [9.17, 15) is 13.2 Å². The Morgan fingerprint density at radius 2 is 1.63 bits per heavy atom. The number of benzene rings is 1. The van der Waals surface area contributed by atoms with Gasteiger partial charge in [-0.15, -0.1) is 0 Å². The van der Waals surface area contributed by atoms with E-state index in [1.54, 1.807) is 0 Å². The topological polar surface area (TPSA) is 15.3 Å². The number of halogens is 3. The fourth-order valence-corrected chi connectivity index (χ4v) is 2.44. The molecule has 1 heterocycles. The minimum absolute atomic E-state index is 0.0319. The normalized spacial score (nSPS) is 18.0. The second-order valence-corrected chi connectivity index (χ2v) is 5.29. The zero-order chi connectivity index (χ0) is 14.0. The maximum absolute atomic E-state index is 13.5. The predicted octanol–water partition coefficient (Wildman–Crippen LogP) is 3.39. The Hall–Kier alpha value is -1.23. The van der Waals surface area contributed by atoms with Gasteiger partial charge in [-0.3, -0.25) is 0 Å². The molecule has 1 aliphatic rings. The molecule has 1 saturated heterocycles. The molecule has 0 unspecified atom stereocenters. The highest BCUT2D eigenvalue weighted by Gasteiger charge is 2.22. The Labute approximate surface area is 111 Å². The van der Waals surface area contributed by atoms with Gasteiger partial charge in [0.1, 0.15) is 11.5 Å². The molecular weight excluding hydrogens is 253 g/mol. The van der Waals surface area contributed by atoms with Crippen molar-refractivity contribution < 1.29 is 13.2 Å². The lowest BCUT2D eigenvalue weighted by Crippen LogP contribution is -2.42. The second-order valence-electron chi connectivity index (χ2n) is 5.29. The van der Waals surface area contributed by atoms with Crippen LogP contribution in [0.15, 0.2) is 12.1 Å². The van der Waals surface area contributed by atoms with E-state index in [-0.39, 0.29) is 11.7 Å². The monoisotopic (exact) mass is 272 g/mol. The number of hydrogen-bond acceptors (Lipinski definition) is 2. The van der Waals surface area contributed by atoms with Crippen molar-refractivity contribution in [1.29, 1.82) is 0 Å². The van der Waals surface area contributed by atoms with Gasteiger partial charge in [-0.05, 0) is 26.7 Å². The van der Waals surface area contributed by atoms with E-state index in [0.717, 1.165) is 25.9 Å². The SMILES string of the molecule is CC(C)N1CCC(Nc2c(F)cc(F)cc2F)CC1. The number of nitrogens with one attached hydrogen (secondary N) is 1. The zero-order valence-electron chi connectivity index (χ0n) is 11.2. The highest BCUT2D eigenvalue weighted by atomic mass is 19.1. The number of hydrogen-bond donors (Lipinski definition) is 1. The summed E-state index contributed by atoms with van der Waals surface area (Å²) in [6.45, 7) is 6.07. The van der Waals surface area contributed by atoms with Crippen LogP contribution in [-0.4, -0.2) is 30.1 Å². The van der Waals surface area contributed by atoms with Crippen LogP contribution in [0.25, 0.3) is 0 Å². The molecule has 1 aliphatic heterocycles. The van der Waals surface area contributed by atoms with Crippen LogP contribution in [0.3, 0.4) is 0 Å². The Balaban J connectivity index is 2.00. The molecule has 0 radical (unpaired) electrons. The van der Waals surface area contributed by atoms with E-state index in [1.165, 1.54) is 0 Å². The number of anilines is 1. The summed E-state index contributed by atoms with van der Waals surface area (Å²) in [4.78, 5) is 2.33. The second kappa shape index (κ2) is 5.82. The smallest absolute Gasteiger partial charge is 0.152 e. The molecule has 0 aliphatic carbocycles. The lowest BCUT2D eigenvalue weighted by molar-refractivity contribution is 0.177. The van der Waals surface area contributed by atoms with E-state index in [0.29, 0.717) is 18.2 Å². The highest BCUT2D eigenvalue weighted by Crippen LogP contribution is 2.24. The van der Waals surface area contributed by atoms with Crippen LogP contribution in [0.4, 0.5) is 18.9 Å². The molecule has 5 heteroatoms. The summed E-state index contributed by atoms with van der Waals surface area (Å²) in [6, 6.07) is 1.92. The summed E-state index contributed by atoms with van der Waals surface area (Å²) >= 11 is 0. The van der Waals surface area contributed by atoms with Gasteiger partial charge < -0.3 is 10.2 Å². The number of nitrogens with zero attached hydrogens (tertiary/aromatic N) is 1. The number of rotatable bonds is 3. The molecule has 0 bridgehead atoms. The summed E-state index contributed by atoms with van der Waals surface area (Å²) in [6.07, 6.45) is 1.66. The molecule has 1 N–H and O–H groups in total. The van der Waals surface area contributed by atoms with Crippen molar-refractivity contribution >= 4 is 5.69 Å². The molecule has 1 fully saturated rings. The standard InChI is InChI=1S/C14H19F3N2/c1-9(2)19-5-3-11(4-6-19)18-14-12(16)7-10(15)8-13(14)17/h7-9,11,18H,3-6H2,1-2H3. The van der Waals surface area contributed by atoms with E-state index < -0.39 is 17.5 Å². The molecule has 0 aromatic heterocycles. The van der Waals surface area contributed by atoms with Gasteiger partial charge in [0.05, 0.1) is 0 Å². The first-order valence-corrected chi connectivity index (χ1v) is 6.62.